The number of anilines is 1. The van der Waals surface area contributed by atoms with Crippen molar-refractivity contribution in [3.63, 3.8) is 0 Å². The minimum Gasteiger partial charge on any atom is -0.468 e. The first kappa shape index (κ1) is 25.6. The van der Waals surface area contributed by atoms with E-state index < -0.39 is 0 Å². The molecule has 10 nitrogen and oxygen atoms in total. The highest BCUT2D eigenvalue weighted by atomic mass is 16.5. The van der Waals surface area contributed by atoms with Crippen molar-refractivity contribution in [2.24, 2.45) is 0 Å². The fraction of sp³-hybridized carbons (Fsp3) is 0.393. The lowest BCUT2D eigenvalue weighted by molar-refractivity contribution is -0.139. The lowest BCUT2D eigenvalue weighted by Crippen LogP contribution is -2.43. The number of tetrazole rings is 1. The van der Waals surface area contributed by atoms with Crippen molar-refractivity contribution in [2.45, 2.75) is 45.7 Å². The SMILES string of the molecule is CCCCCc1nc2c(n1Cc1ccc(-c3ccccc3-c3nnn[nH]3)cc1)CN(C)CN2CC(=O)OC. The lowest BCUT2D eigenvalue weighted by Gasteiger charge is -2.33. The molecular formula is C28H34N8O2. The van der Waals surface area contributed by atoms with Gasteiger partial charge in [0.1, 0.15) is 12.4 Å². The molecule has 1 N–H and O–H groups in total. The zero-order valence-corrected chi connectivity index (χ0v) is 22.2. The molecule has 2 aromatic carbocycles. The average molecular weight is 515 g/mol. The van der Waals surface area contributed by atoms with Crippen molar-refractivity contribution in [3.8, 4) is 22.5 Å². The molecule has 0 spiro atoms. The summed E-state index contributed by atoms with van der Waals surface area (Å²) in [5.41, 5.74) is 5.46. The van der Waals surface area contributed by atoms with Gasteiger partial charge in [0.2, 0.25) is 0 Å². The molecule has 0 aliphatic carbocycles. The molecule has 1 aliphatic rings. The van der Waals surface area contributed by atoms with E-state index in [0.717, 1.165) is 72.8 Å². The number of aromatic nitrogens is 6. The Morgan fingerprint density at radius 2 is 1.87 bits per heavy atom. The van der Waals surface area contributed by atoms with Crippen LogP contribution in [-0.4, -0.2) is 68.4 Å². The highest BCUT2D eigenvalue weighted by Gasteiger charge is 2.29. The van der Waals surface area contributed by atoms with E-state index in [0.29, 0.717) is 12.5 Å². The number of H-pyrrole nitrogens is 1. The van der Waals surface area contributed by atoms with Crippen LogP contribution in [0.2, 0.25) is 0 Å². The van der Waals surface area contributed by atoms with Gasteiger partial charge in [0.15, 0.2) is 11.6 Å². The molecular weight excluding hydrogens is 480 g/mol. The Hall–Kier alpha value is -4.05. The Bertz CT molecular complexity index is 1360. The van der Waals surface area contributed by atoms with Crippen molar-refractivity contribution in [1.82, 2.24) is 35.1 Å². The number of imidazole rings is 1. The monoisotopic (exact) mass is 514 g/mol. The number of aromatic amines is 1. The van der Waals surface area contributed by atoms with Gasteiger partial charge >= 0.3 is 5.97 Å². The minimum absolute atomic E-state index is 0.189. The molecule has 4 aromatic rings. The number of nitrogens with one attached hydrogen (secondary N) is 1. The van der Waals surface area contributed by atoms with Gasteiger partial charge in [-0.3, -0.25) is 9.69 Å². The summed E-state index contributed by atoms with van der Waals surface area (Å²) < 4.78 is 7.29. The van der Waals surface area contributed by atoms with Gasteiger partial charge in [0, 0.05) is 25.1 Å². The number of rotatable bonds is 10. The van der Waals surface area contributed by atoms with E-state index >= 15 is 0 Å². The molecule has 0 bridgehead atoms. The largest absolute Gasteiger partial charge is 0.468 e. The van der Waals surface area contributed by atoms with E-state index in [1.54, 1.807) is 0 Å². The number of ether oxygens (including phenoxy) is 1. The second-order valence-electron chi connectivity index (χ2n) is 9.76. The third-order valence-corrected chi connectivity index (χ3v) is 6.95. The van der Waals surface area contributed by atoms with E-state index in [1.165, 1.54) is 12.7 Å². The highest BCUT2D eigenvalue weighted by Crippen LogP contribution is 2.31. The number of carbonyl (C=O) groups is 1. The quantitative estimate of drug-likeness (QED) is 0.251. The summed E-state index contributed by atoms with van der Waals surface area (Å²) in [5, 5.41) is 14.4. The Balaban J connectivity index is 1.45. The van der Waals surface area contributed by atoms with E-state index in [2.05, 4.69) is 74.4 Å². The molecule has 0 radical (unpaired) electrons. The molecule has 0 saturated carbocycles. The normalized spacial score (nSPS) is 13.5. The number of hydrogen-bond donors (Lipinski definition) is 1. The number of carbonyl (C=O) groups excluding carboxylic acids is 1. The first-order valence-electron chi connectivity index (χ1n) is 13.1. The van der Waals surface area contributed by atoms with Gasteiger partial charge in [-0.15, -0.1) is 5.10 Å². The van der Waals surface area contributed by atoms with Crippen LogP contribution in [0.5, 0.6) is 0 Å². The molecule has 0 atom stereocenters. The average Bonchev–Trinajstić information content (AvgIpc) is 3.58. The molecule has 1 aliphatic heterocycles. The van der Waals surface area contributed by atoms with E-state index in [1.807, 2.05) is 23.1 Å². The van der Waals surface area contributed by atoms with Crippen LogP contribution in [0.15, 0.2) is 48.5 Å². The first-order chi connectivity index (χ1) is 18.6. The van der Waals surface area contributed by atoms with Crippen LogP contribution in [-0.2, 0) is 29.0 Å². The molecule has 198 valence electrons. The van der Waals surface area contributed by atoms with Crippen molar-refractivity contribution in [2.75, 3.05) is 32.3 Å². The summed E-state index contributed by atoms with van der Waals surface area (Å²) in [7, 11) is 3.49. The molecule has 0 saturated heterocycles. The standard InChI is InChI=1S/C28H34N8O2/c1-4-5-6-11-25-29-28-24(17-34(2)19-35(28)18-26(37)38-3)36(25)16-20-12-14-21(15-13-20)22-9-7-8-10-23(22)27-30-32-33-31-27/h7-10,12-15H,4-6,11,16-19H2,1-3H3,(H,30,31,32,33). The van der Waals surface area contributed by atoms with Gasteiger partial charge in [-0.2, -0.15) is 0 Å². The van der Waals surface area contributed by atoms with Crippen LogP contribution in [0.3, 0.4) is 0 Å². The van der Waals surface area contributed by atoms with E-state index in [9.17, 15) is 4.79 Å². The Morgan fingerprint density at radius 3 is 2.58 bits per heavy atom. The first-order valence-corrected chi connectivity index (χ1v) is 13.1. The second kappa shape index (κ2) is 11.6. The maximum absolute atomic E-state index is 12.1. The van der Waals surface area contributed by atoms with Crippen LogP contribution in [0.1, 0.15) is 43.3 Å². The molecule has 0 fully saturated rings. The van der Waals surface area contributed by atoms with Crippen LogP contribution < -0.4 is 4.90 Å². The fourth-order valence-corrected chi connectivity index (χ4v) is 5.04. The van der Waals surface area contributed by atoms with Crippen molar-refractivity contribution < 1.29 is 9.53 Å². The Morgan fingerprint density at radius 1 is 1.08 bits per heavy atom. The van der Waals surface area contributed by atoms with E-state index in [4.69, 9.17) is 9.72 Å². The molecule has 2 aromatic heterocycles. The third kappa shape index (κ3) is 5.45. The number of esters is 1. The Kier molecular flexibility index (Phi) is 7.78. The molecule has 3 heterocycles. The number of benzene rings is 2. The number of hydrogen-bond acceptors (Lipinski definition) is 8. The number of fused-ring (bicyclic) bond motifs is 1. The van der Waals surface area contributed by atoms with Gasteiger partial charge < -0.3 is 14.2 Å². The van der Waals surface area contributed by atoms with Gasteiger partial charge in [0.05, 0.1) is 19.5 Å². The van der Waals surface area contributed by atoms with Gasteiger partial charge in [-0.1, -0.05) is 68.3 Å². The number of unbranched alkanes of at least 4 members (excludes halogenated alkanes) is 2. The number of methoxy groups -OCH3 is 1. The number of nitrogens with zero attached hydrogens (tertiary/aromatic N) is 7. The third-order valence-electron chi connectivity index (χ3n) is 6.95. The Labute approximate surface area is 222 Å². The summed E-state index contributed by atoms with van der Waals surface area (Å²) in [6.07, 6.45) is 4.32. The van der Waals surface area contributed by atoms with Crippen LogP contribution in [0, 0.1) is 0 Å². The second-order valence-corrected chi connectivity index (χ2v) is 9.76. The highest BCUT2D eigenvalue weighted by molar-refractivity contribution is 5.80. The maximum Gasteiger partial charge on any atom is 0.325 e. The fourth-order valence-electron chi connectivity index (χ4n) is 5.04. The summed E-state index contributed by atoms with van der Waals surface area (Å²) in [6, 6.07) is 16.7. The molecule has 0 amide bonds. The smallest absolute Gasteiger partial charge is 0.325 e. The zero-order valence-electron chi connectivity index (χ0n) is 22.2. The minimum atomic E-state index is -0.259. The predicted octanol–water partition coefficient (Wildman–Crippen LogP) is 3.89. The molecule has 10 heteroatoms. The van der Waals surface area contributed by atoms with Crippen molar-refractivity contribution in [1.29, 1.82) is 0 Å². The van der Waals surface area contributed by atoms with Gasteiger partial charge in [-0.25, -0.2) is 10.1 Å². The number of aryl methyl sites for hydroxylation is 1. The van der Waals surface area contributed by atoms with Crippen LogP contribution >= 0.6 is 0 Å². The summed E-state index contributed by atoms with van der Waals surface area (Å²) in [5.74, 6) is 2.35. The van der Waals surface area contributed by atoms with Crippen LogP contribution in [0.4, 0.5) is 5.82 Å². The van der Waals surface area contributed by atoms with Crippen molar-refractivity contribution >= 4 is 11.8 Å². The van der Waals surface area contributed by atoms with Gasteiger partial charge in [-0.05, 0) is 40.6 Å². The maximum atomic E-state index is 12.1. The lowest BCUT2D eigenvalue weighted by atomic mass is 9.98. The topological polar surface area (TPSA) is 105 Å². The van der Waals surface area contributed by atoms with Crippen molar-refractivity contribution in [3.05, 3.63) is 65.6 Å². The summed E-state index contributed by atoms with van der Waals surface area (Å²) >= 11 is 0. The predicted molar refractivity (Wildman–Crippen MR) is 145 cm³/mol. The molecule has 0 unspecified atom stereocenters. The zero-order chi connectivity index (χ0) is 26.5. The molecule has 5 rings (SSSR count). The molecule has 38 heavy (non-hydrogen) atoms. The van der Waals surface area contributed by atoms with Gasteiger partial charge in [0.25, 0.3) is 0 Å². The summed E-state index contributed by atoms with van der Waals surface area (Å²) in [6.45, 7) is 4.54. The van der Waals surface area contributed by atoms with Crippen LogP contribution in [0.25, 0.3) is 22.5 Å². The van der Waals surface area contributed by atoms with E-state index in [-0.39, 0.29) is 12.5 Å². The summed E-state index contributed by atoms with van der Waals surface area (Å²) in [4.78, 5) is 21.4.